The molecule has 0 bridgehead atoms. The van der Waals surface area contributed by atoms with Crippen molar-refractivity contribution in [1.29, 1.82) is 0 Å². The topological polar surface area (TPSA) is 37.8 Å². The van der Waals surface area contributed by atoms with Crippen LogP contribution in [0.1, 0.15) is 47.5 Å². The van der Waals surface area contributed by atoms with Crippen LogP contribution in [0.4, 0.5) is 0 Å². The molecule has 4 heteroatoms. The summed E-state index contributed by atoms with van der Waals surface area (Å²) in [6.07, 6.45) is 1.83. The number of rotatable bonds is 5. The van der Waals surface area contributed by atoms with Crippen LogP contribution >= 0.6 is 11.3 Å². The van der Waals surface area contributed by atoms with Gasteiger partial charge in [0.25, 0.3) is 0 Å². The number of nitrogens with zero attached hydrogens (tertiary/aromatic N) is 2. The first-order chi connectivity index (χ1) is 9.83. The molecule has 0 spiro atoms. The minimum Gasteiger partial charge on any atom is -0.312 e. The molecule has 1 heterocycles. The van der Waals surface area contributed by atoms with E-state index in [9.17, 15) is 0 Å². The van der Waals surface area contributed by atoms with Crippen LogP contribution in [-0.2, 0) is 12.8 Å². The van der Waals surface area contributed by atoms with Gasteiger partial charge >= 0.3 is 0 Å². The zero-order valence-corrected chi connectivity index (χ0v) is 14.5. The standard InChI is InChI=1S/C17H25N3S/c1-12-6-7-14(10-13(12)2)11-16-20-19-15(21-16)8-9-18-17(3,4)5/h6-7,10,18H,8-9,11H2,1-5H3. The molecular formula is C17H25N3S. The second kappa shape index (κ2) is 6.67. The van der Waals surface area contributed by atoms with Gasteiger partial charge in [0.1, 0.15) is 10.0 Å². The Hall–Kier alpha value is -1.26. The average Bonchev–Trinajstić information content (AvgIpc) is 2.80. The Morgan fingerprint density at radius 2 is 1.76 bits per heavy atom. The van der Waals surface area contributed by atoms with Gasteiger partial charge in [0.05, 0.1) is 0 Å². The summed E-state index contributed by atoms with van der Waals surface area (Å²) in [5.74, 6) is 0. The monoisotopic (exact) mass is 303 g/mol. The van der Waals surface area contributed by atoms with Crippen LogP contribution in [0.5, 0.6) is 0 Å². The Morgan fingerprint density at radius 1 is 1.05 bits per heavy atom. The van der Waals surface area contributed by atoms with E-state index in [1.54, 1.807) is 11.3 Å². The highest BCUT2D eigenvalue weighted by Gasteiger charge is 2.10. The third kappa shape index (κ3) is 5.21. The molecule has 21 heavy (non-hydrogen) atoms. The third-order valence-electron chi connectivity index (χ3n) is 3.43. The van der Waals surface area contributed by atoms with Crippen molar-refractivity contribution in [3.05, 3.63) is 44.9 Å². The number of hydrogen-bond donors (Lipinski definition) is 1. The lowest BCUT2D eigenvalue weighted by molar-refractivity contribution is 0.429. The highest BCUT2D eigenvalue weighted by atomic mass is 32.1. The maximum Gasteiger partial charge on any atom is 0.121 e. The van der Waals surface area contributed by atoms with Crippen molar-refractivity contribution in [2.24, 2.45) is 0 Å². The predicted molar refractivity (Wildman–Crippen MR) is 90.1 cm³/mol. The number of aromatic nitrogens is 2. The smallest absolute Gasteiger partial charge is 0.121 e. The lowest BCUT2D eigenvalue weighted by atomic mass is 10.0. The fourth-order valence-electron chi connectivity index (χ4n) is 2.09. The largest absolute Gasteiger partial charge is 0.312 e. The number of aryl methyl sites for hydroxylation is 2. The average molecular weight is 303 g/mol. The van der Waals surface area contributed by atoms with E-state index < -0.39 is 0 Å². The van der Waals surface area contributed by atoms with E-state index in [2.05, 4.69) is 68.3 Å². The maximum atomic E-state index is 4.32. The van der Waals surface area contributed by atoms with E-state index in [-0.39, 0.29) is 5.54 Å². The van der Waals surface area contributed by atoms with Crippen LogP contribution in [0.3, 0.4) is 0 Å². The predicted octanol–water partition coefficient (Wildman–Crippen LogP) is 3.68. The first-order valence-corrected chi connectivity index (χ1v) is 8.27. The molecule has 0 radical (unpaired) electrons. The molecule has 0 saturated heterocycles. The van der Waals surface area contributed by atoms with Gasteiger partial charge in [-0.1, -0.05) is 18.2 Å². The molecule has 0 aliphatic carbocycles. The Bertz CT molecular complexity index is 596. The van der Waals surface area contributed by atoms with E-state index >= 15 is 0 Å². The molecular weight excluding hydrogens is 278 g/mol. The van der Waals surface area contributed by atoms with Gasteiger partial charge in [0.2, 0.25) is 0 Å². The quantitative estimate of drug-likeness (QED) is 0.915. The molecule has 114 valence electrons. The highest BCUT2D eigenvalue weighted by Crippen LogP contribution is 2.17. The Morgan fingerprint density at radius 3 is 2.43 bits per heavy atom. The van der Waals surface area contributed by atoms with Crippen LogP contribution in [-0.4, -0.2) is 22.3 Å². The fourth-order valence-corrected chi connectivity index (χ4v) is 2.97. The van der Waals surface area contributed by atoms with Gasteiger partial charge < -0.3 is 5.32 Å². The first kappa shape index (κ1) is 16.1. The minimum absolute atomic E-state index is 0.160. The van der Waals surface area contributed by atoms with E-state index in [1.165, 1.54) is 16.7 Å². The molecule has 0 atom stereocenters. The van der Waals surface area contributed by atoms with Crippen molar-refractivity contribution in [1.82, 2.24) is 15.5 Å². The molecule has 0 amide bonds. The highest BCUT2D eigenvalue weighted by molar-refractivity contribution is 7.11. The summed E-state index contributed by atoms with van der Waals surface area (Å²) in [6, 6.07) is 6.61. The molecule has 1 aromatic heterocycles. The van der Waals surface area contributed by atoms with Gasteiger partial charge in [-0.2, -0.15) is 0 Å². The molecule has 1 aromatic carbocycles. The molecule has 0 aliphatic heterocycles. The van der Waals surface area contributed by atoms with Crippen molar-refractivity contribution >= 4 is 11.3 Å². The Balaban J connectivity index is 1.92. The van der Waals surface area contributed by atoms with Gasteiger partial charge in [-0.05, 0) is 51.3 Å². The van der Waals surface area contributed by atoms with Crippen molar-refractivity contribution in [3.63, 3.8) is 0 Å². The Labute approximate surface area is 131 Å². The number of benzene rings is 1. The zero-order valence-electron chi connectivity index (χ0n) is 13.7. The summed E-state index contributed by atoms with van der Waals surface area (Å²) in [6.45, 7) is 11.8. The van der Waals surface area contributed by atoms with Gasteiger partial charge in [-0.25, -0.2) is 0 Å². The van der Waals surface area contributed by atoms with Crippen molar-refractivity contribution in [2.75, 3.05) is 6.54 Å². The summed E-state index contributed by atoms with van der Waals surface area (Å²) < 4.78 is 0. The van der Waals surface area contributed by atoms with Gasteiger partial charge in [-0.15, -0.1) is 21.5 Å². The summed E-state index contributed by atoms with van der Waals surface area (Å²) in [4.78, 5) is 0. The molecule has 0 unspecified atom stereocenters. The maximum absolute atomic E-state index is 4.32. The summed E-state index contributed by atoms with van der Waals surface area (Å²) in [5.41, 5.74) is 4.15. The van der Waals surface area contributed by atoms with Crippen LogP contribution in [0.15, 0.2) is 18.2 Å². The molecule has 1 N–H and O–H groups in total. The second-order valence-electron chi connectivity index (χ2n) is 6.61. The van der Waals surface area contributed by atoms with Crippen molar-refractivity contribution in [2.45, 2.75) is 53.0 Å². The van der Waals surface area contributed by atoms with Crippen molar-refractivity contribution in [3.8, 4) is 0 Å². The number of nitrogens with one attached hydrogen (secondary N) is 1. The van der Waals surface area contributed by atoms with Crippen LogP contribution in [0.25, 0.3) is 0 Å². The lowest BCUT2D eigenvalue weighted by Gasteiger charge is -2.19. The summed E-state index contributed by atoms with van der Waals surface area (Å²) in [7, 11) is 0. The van der Waals surface area contributed by atoms with Crippen LogP contribution in [0.2, 0.25) is 0 Å². The van der Waals surface area contributed by atoms with E-state index in [0.29, 0.717) is 0 Å². The molecule has 2 aromatic rings. The molecule has 0 fully saturated rings. The Kier molecular flexibility index (Phi) is 5.12. The lowest BCUT2D eigenvalue weighted by Crippen LogP contribution is -2.37. The normalized spacial score (nSPS) is 11.9. The second-order valence-corrected chi connectivity index (χ2v) is 7.76. The van der Waals surface area contributed by atoms with Gasteiger partial charge in [0, 0.05) is 24.9 Å². The molecule has 0 saturated carbocycles. The van der Waals surface area contributed by atoms with Crippen LogP contribution < -0.4 is 5.32 Å². The van der Waals surface area contributed by atoms with E-state index in [0.717, 1.165) is 29.4 Å². The summed E-state index contributed by atoms with van der Waals surface area (Å²) in [5, 5.41) is 14.3. The zero-order chi connectivity index (χ0) is 15.5. The molecule has 3 nitrogen and oxygen atoms in total. The van der Waals surface area contributed by atoms with Gasteiger partial charge in [-0.3, -0.25) is 0 Å². The fraction of sp³-hybridized carbons (Fsp3) is 0.529. The SMILES string of the molecule is Cc1ccc(Cc2nnc(CCNC(C)(C)C)s2)cc1C. The van der Waals surface area contributed by atoms with Gasteiger partial charge in [0.15, 0.2) is 0 Å². The minimum atomic E-state index is 0.160. The molecule has 2 rings (SSSR count). The summed E-state index contributed by atoms with van der Waals surface area (Å²) >= 11 is 1.73. The number of hydrogen-bond acceptors (Lipinski definition) is 4. The van der Waals surface area contributed by atoms with Crippen LogP contribution in [0, 0.1) is 13.8 Å². The third-order valence-corrected chi connectivity index (χ3v) is 4.41. The van der Waals surface area contributed by atoms with E-state index in [1.807, 2.05) is 0 Å². The first-order valence-electron chi connectivity index (χ1n) is 7.46. The molecule has 0 aliphatic rings. The van der Waals surface area contributed by atoms with Crippen molar-refractivity contribution < 1.29 is 0 Å². The van der Waals surface area contributed by atoms with E-state index in [4.69, 9.17) is 0 Å².